The van der Waals surface area contributed by atoms with E-state index in [0.717, 1.165) is 30.4 Å². The topological polar surface area (TPSA) is 46.9 Å². The Labute approximate surface area is 131 Å². The molecular weight excluding hydrogens is 274 g/mol. The largest absolute Gasteiger partial charge is 0.345 e. The summed E-state index contributed by atoms with van der Waals surface area (Å²) in [6.45, 7) is 2.07. The zero-order chi connectivity index (χ0) is 15.5. The van der Waals surface area contributed by atoms with E-state index < -0.39 is 0 Å². The average molecular weight is 297 g/mol. The lowest BCUT2D eigenvalue weighted by Crippen LogP contribution is -2.28. The smallest absolute Gasteiger partial charge is 0.251 e. The summed E-state index contributed by atoms with van der Waals surface area (Å²) in [4.78, 5) is 12.5. The molecule has 1 atom stereocenters. The summed E-state index contributed by atoms with van der Waals surface area (Å²) in [5, 5.41) is 7.32. The van der Waals surface area contributed by atoms with Gasteiger partial charge < -0.3 is 5.32 Å². The molecule has 1 aromatic heterocycles. The molecule has 116 valence electrons. The monoisotopic (exact) mass is 297 g/mol. The van der Waals surface area contributed by atoms with Crippen molar-refractivity contribution in [2.75, 3.05) is 0 Å². The summed E-state index contributed by atoms with van der Waals surface area (Å²) in [6.07, 6.45) is 9.36. The second kappa shape index (κ2) is 6.34. The van der Waals surface area contributed by atoms with Gasteiger partial charge in [0.25, 0.3) is 5.91 Å². The van der Waals surface area contributed by atoms with Crippen molar-refractivity contribution in [1.29, 1.82) is 0 Å². The van der Waals surface area contributed by atoms with Gasteiger partial charge in [0, 0.05) is 24.4 Å². The van der Waals surface area contributed by atoms with Crippen LogP contribution in [0.15, 0.2) is 30.6 Å². The number of hydrogen-bond acceptors (Lipinski definition) is 2. The standard InChI is InChI=1S/C18H23N3O/c1-3-17(16-11-19-21(2)12-16)20-18(22)15-9-8-13-6-4-5-7-14(13)10-15/h8-12,17H,3-7H2,1-2H3,(H,20,22). The van der Waals surface area contributed by atoms with Gasteiger partial charge in [0.15, 0.2) is 0 Å². The first-order chi connectivity index (χ1) is 10.7. The molecule has 0 spiro atoms. The lowest BCUT2D eigenvalue weighted by molar-refractivity contribution is 0.0935. The molecule has 1 aromatic carbocycles. The molecule has 1 unspecified atom stereocenters. The van der Waals surface area contributed by atoms with Gasteiger partial charge in [-0.05, 0) is 55.4 Å². The number of benzene rings is 1. The number of amides is 1. The minimum absolute atomic E-state index is 0.00377. The van der Waals surface area contributed by atoms with Crippen LogP contribution in [0, 0.1) is 0 Å². The molecule has 0 fully saturated rings. The maximum absolute atomic E-state index is 12.5. The van der Waals surface area contributed by atoms with E-state index in [-0.39, 0.29) is 11.9 Å². The Hall–Kier alpha value is -2.10. The van der Waals surface area contributed by atoms with Crippen LogP contribution in [0.3, 0.4) is 0 Å². The molecule has 1 amide bonds. The van der Waals surface area contributed by atoms with Crippen LogP contribution in [0.1, 0.15) is 59.3 Å². The minimum Gasteiger partial charge on any atom is -0.345 e. The molecule has 1 aliphatic rings. The maximum Gasteiger partial charge on any atom is 0.251 e. The van der Waals surface area contributed by atoms with Gasteiger partial charge in [0.2, 0.25) is 0 Å². The predicted octanol–water partition coefficient (Wildman–Crippen LogP) is 3.18. The van der Waals surface area contributed by atoms with E-state index in [1.165, 1.54) is 24.0 Å². The van der Waals surface area contributed by atoms with Crippen molar-refractivity contribution in [3.8, 4) is 0 Å². The van der Waals surface area contributed by atoms with Crippen LogP contribution in [0.4, 0.5) is 0 Å². The molecule has 1 heterocycles. The van der Waals surface area contributed by atoms with Gasteiger partial charge in [-0.15, -0.1) is 0 Å². The molecule has 0 saturated heterocycles. The number of hydrogen-bond donors (Lipinski definition) is 1. The molecule has 1 aliphatic carbocycles. The molecule has 3 rings (SSSR count). The molecule has 0 saturated carbocycles. The summed E-state index contributed by atoms with van der Waals surface area (Å²) < 4.78 is 1.77. The van der Waals surface area contributed by atoms with Crippen LogP contribution in [0.2, 0.25) is 0 Å². The molecule has 0 bridgehead atoms. The van der Waals surface area contributed by atoms with E-state index in [1.54, 1.807) is 4.68 Å². The van der Waals surface area contributed by atoms with Gasteiger partial charge in [-0.1, -0.05) is 13.0 Å². The van der Waals surface area contributed by atoms with Crippen molar-refractivity contribution in [2.24, 2.45) is 7.05 Å². The van der Waals surface area contributed by atoms with Crippen LogP contribution < -0.4 is 5.32 Å². The van der Waals surface area contributed by atoms with Gasteiger partial charge in [0.1, 0.15) is 0 Å². The zero-order valence-electron chi connectivity index (χ0n) is 13.3. The van der Waals surface area contributed by atoms with E-state index in [0.29, 0.717) is 0 Å². The third-order valence-electron chi connectivity index (χ3n) is 4.45. The number of carbonyl (C=O) groups is 1. The normalized spacial score (nSPS) is 15.2. The van der Waals surface area contributed by atoms with Crippen LogP contribution in [-0.2, 0) is 19.9 Å². The van der Waals surface area contributed by atoms with E-state index in [2.05, 4.69) is 29.5 Å². The first kappa shape index (κ1) is 14.8. The van der Waals surface area contributed by atoms with Crippen molar-refractivity contribution in [3.63, 3.8) is 0 Å². The van der Waals surface area contributed by atoms with Crippen molar-refractivity contribution < 1.29 is 4.79 Å². The highest BCUT2D eigenvalue weighted by Gasteiger charge is 2.17. The Balaban J connectivity index is 1.75. The zero-order valence-corrected chi connectivity index (χ0v) is 13.3. The fourth-order valence-electron chi connectivity index (χ4n) is 3.16. The number of aryl methyl sites for hydroxylation is 3. The molecular formula is C18H23N3O. The van der Waals surface area contributed by atoms with Crippen LogP contribution in [0.25, 0.3) is 0 Å². The highest BCUT2D eigenvalue weighted by Crippen LogP contribution is 2.23. The van der Waals surface area contributed by atoms with Crippen molar-refractivity contribution in [1.82, 2.24) is 15.1 Å². The molecule has 4 nitrogen and oxygen atoms in total. The summed E-state index contributed by atoms with van der Waals surface area (Å²) in [7, 11) is 1.89. The highest BCUT2D eigenvalue weighted by molar-refractivity contribution is 5.94. The van der Waals surface area contributed by atoms with Crippen molar-refractivity contribution in [3.05, 3.63) is 52.8 Å². The Morgan fingerprint density at radius 3 is 2.77 bits per heavy atom. The van der Waals surface area contributed by atoms with E-state index in [9.17, 15) is 4.79 Å². The van der Waals surface area contributed by atoms with Crippen LogP contribution >= 0.6 is 0 Å². The first-order valence-electron chi connectivity index (χ1n) is 8.08. The SMILES string of the molecule is CCC(NC(=O)c1ccc2c(c1)CCCC2)c1cnn(C)c1. The summed E-state index contributed by atoms with van der Waals surface area (Å²) in [5.41, 5.74) is 4.56. The fraction of sp³-hybridized carbons (Fsp3) is 0.444. The second-order valence-electron chi connectivity index (χ2n) is 6.07. The Morgan fingerprint density at radius 1 is 1.32 bits per heavy atom. The molecule has 2 aromatic rings. The van der Waals surface area contributed by atoms with Crippen molar-refractivity contribution >= 4 is 5.91 Å². The van der Waals surface area contributed by atoms with Gasteiger partial charge in [-0.3, -0.25) is 9.48 Å². The fourth-order valence-corrected chi connectivity index (χ4v) is 3.16. The van der Waals surface area contributed by atoms with E-state index >= 15 is 0 Å². The minimum atomic E-state index is 0.00377. The lowest BCUT2D eigenvalue weighted by Gasteiger charge is -2.18. The maximum atomic E-state index is 12.5. The predicted molar refractivity (Wildman–Crippen MR) is 86.8 cm³/mol. The molecule has 4 heteroatoms. The number of aromatic nitrogens is 2. The average Bonchev–Trinajstić information content (AvgIpc) is 2.98. The number of fused-ring (bicyclic) bond motifs is 1. The summed E-state index contributed by atoms with van der Waals surface area (Å²) in [5.74, 6) is 0.00377. The summed E-state index contributed by atoms with van der Waals surface area (Å²) >= 11 is 0. The van der Waals surface area contributed by atoms with E-state index in [4.69, 9.17) is 0 Å². The summed E-state index contributed by atoms with van der Waals surface area (Å²) in [6, 6.07) is 6.15. The Bertz CT molecular complexity index is 675. The number of carbonyl (C=O) groups excluding carboxylic acids is 1. The number of nitrogens with one attached hydrogen (secondary N) is 1. The molecule has 22 heavy (non-hydrogen) atoms. The number of rotatable bonds is 4. The molecule has 1 N–H and O–H groups in total. The third kappa shape index (κ3) is 3.06. The van der Waals surface area contributed by atoms with Gasteiger partial charge >= 0.3 is 0 Å². The Kier molecular flexibility index (Phi) is 4.27. The first-order valence-corrected chi connectivity index (χ1v) is 8.08. The van der Waals surface area contributed by atoms with Crippen LogP contribution in [0.5, 0.6) is 0 Å². The molecule has 0 aliphatic heterocycles. The van der Waals surface area contributed by atoms with Gasteiger partial charge in [-0.2, -0.15) is 5.10 Å². The quantitative estimate of drug-likeness (QED) is 0.942. The van der Waals surface area contributed by atoms with Crippen LogP contribution in [-0.4, -0.2) is 15.7 Å². The molecule has 0 radical (unpaired) electrons. The van der Waals surface area contributed by atoms with Gasteiger partial charge in [-0.25, -0.2) is 0 Å². The Morgan fingerprint density at radius 2 is 2.09 bits per heavy atom. The number of nitrogens with zero attached hydrogens (tertiary/aromatic N) is 2. The van der Waals surface area contributed by atoms with Gasteiger partial charge in [0.05, 0.1) is 12.2 Å². The third-order valence-corrected chi connectivity index (χ3v) is 4.45. The lowest BCUT2D eigenvalue weighted by atomic mass is 9.90. The highest BCUT2D eigenvalue weighted by atomic mass is 16.1. The second-order valence-corrected chi connectivity index (χ2v) is 6.07. The van der Waals surface area contributed by atoms with E-state index in [1.807, 2.05) is 25.5 Å². The van der Waals surface area contributed by atoms with Crippen molar-refractivity contribution in [2.45, 2.75) is 45.1 Å².